The molecule has 0 aliphatic heterocycles. The molecule has 0 radical (unpaired) electrons. The molecule has 1 aromatic carbocycles. The first-order valence-corrected chi connectivity index (χ1v) is 8.02. The van der Waals surface area contributed by atoms with Crippen LogP contribution < -0.4 is 15.8 Å². The fourth-order valence-electron chi connectivity index (χ4n) is 1.40. The number of hydrogen-bond donors (Lipinski definition) is 3. The number of nitrogen functional groups attached to an aromatic ring is 1. The minimum absolute atomic E-state index is 0.100. The Labute approximate surface area is 127 Å². The normalized spacial score (nSPS) is 11.3. The lowest BCUT2D eigenvalue weighted by molar-refractivity contribution is -0.119. The molecule has 0 bridgehead atoms. The third-order valence-corrected chi connectivity index (χ3v) is 4.61. The number of nitrogens with two attached hydrogens (primary N) is 1. The molecular weight excluding hydrogens is 325 g/mol. The zero-order chi connectivity index (χ0) is 15.3. The fourth-order valence-corrected chi connectivity index (χ4v) is 3.61. The lowest BCUT2D eigenvalue weighted by Gasteiger charge is -2.10. The zero-order valence-electron chi connectivity index (χ0n) is 10.7. The maximum Gasteiger partial charge on any atom is 0.244 e. The Kier molecular flexibility index (Phi) is 6.07. The summed E-state index contributed by atoms with van der Waals surface area (Å²) >= 11 is 11.7. The van der Waals surface area contributed by atoms with Crippen molar-refractivity contribution in [3.8, 4) is 0 Å². The fraction of sp³-hybridized carbons (Fsp3) is 0.364. The van der Waals surface area contributed by atoms with Gasteiger partial charge in [-0.2, -0.15) is 0 Å². The topological polar surface area (TPSA) is 101 Å². The molecule has 0 saturated carbocycles. The molecule has 0 fully saturated rings. The van der Waals surface area contributed by atoms with Gasteiger partial charge >= 0.3 is 0 Å². The number of sulfonamides is 1. The van der Waals surface area contributed by atoms with Gasteiger partial charge in [0.05, 0.1) is 16.6 Å². The summed E-state index contributed by atoms with van der Waals surface area (Å²) in [5.74, 6) is -0.432. The molecule has 112 valence electrons. The summed E-state index contributed by atoms with van der Waals surface area (Å²) in [6.45, 7) is 1.97. The maximum atomic E-state index is 12.1. The Morgan fingerprint density at radius 3 is 2.35 bits per heavy atom. The molecule has 0 aliphatic rings. The number of halogens is 2. The van der Waals surface area contributed by atoms with Crippen molar-refractivity contribution in [3.63, 3.8) is 0 Å². The van der Waals surface area contributed by atoms with Crippen LogP contribution in [0, 0.1) is 0 Å². The van der Waals surface area contributed by atoms with E-state index >= 15 is 0 Å². The molecule has 6 nitrogen and oxygen atoms in total. The summed E-state index contributed by atoms with van der Waals surface area (Å²) in [4.78, 5) is 11.1. The lowest BCUT2D eigenvalue weighted by Crippen LogP contribution is -2.37. The number of anilines is 1. The maximum absolute atomic E-state index is 12.1. The first kappa shape index (κ1) is 17.0. The van der Waals surface area contributed by atoms with E-state index in [0.29, 0.717) is 6.54 Å². The zero-order valence-corrected chi connectivity index (χ0v) is 13.1. The van der Waals surface area contributed by atoms with Crippen LogP contribution in [0.3, 0.4) is 0 Å². The third-order valence-electron chi connectivity index (χ3n) is 2.28. The van der Waals surface area contributed by atoms with Crippen LogP contribution in [-0.4, -0.2) is 27.4 Å². The van der Waals surface area contributed by atoms with Crippen LogP contribution in [0.25, 0.3) is 0 Å². The average Bonchev–Trinajstić information content (AvgIpc) is 2.32. The van der Waals surface area contributed by atoms with Gasteiger partial charge in [-0.05, 0) is 18.6 Å². The molecule has 0 spiro atoms. The largest absolute Gasteiger partial charge is 0.399 e. The highest BCUT2D eigenvalue weighted by Crippen LogP contribution is 2.31. The molecule has 0 atom stereocenters. The number of carbonyl (C=O) groups is 1. The number of hydrogen-bond acceptors (Lipinski definition) is 4. The highest BCUT2D eigenvalue weighted by atomic mass is 35.5. The summed E-state index contributed by atoms with van der Waals surface area (Å²) in [7, 11) is -3.99. The Morgan fingerprint density at radius 1 is 1.30 bits per heavy atom. The minimum Gasteiger partial charge on any atom is -0.399 e. The van der Waals surface area contributed by atoms with Gasteiger partial charge in [-0.1, -0.05) is 30.1 Å². The smallest absolute Gasteiger partial charge is 0.244 e. The second-order valence-corrected chi connectivity index (χ2v) is 6.51. The van der Waals surface area contributed by atoms with Crippen molar-refractivity contribution in [1.82, 2.24) is 10.0 Å². The summed E-state index contributed by atoms with van der Waals surface area (Å²) in [5, 5.41) is 2.34. The Bertz CT molecular complexity index is 582. The summed E-state index contributed by atoms with van der Waals surface area (Å²) in [6.07, 6.45) is 0.758. The van der Waals surface area contributed by atoms with Crippen LogP contribution in [0.5, 0.6) is 0 Å². The number of benzene rings is 1. The third kappa shape index (κ3) is 4.52. The standard InChI is InChI=1S/C11H15Cl2N3O3S/c1-2-3-15-10(17)6-16-20(18,19)11-8(12)4-7(14)5-9(11)13/h4-5,16H,2-3,6,14H2,1H3,(H,15,17). The van der Waals surface area contributed by atoms with E-state index < -0.39 is 15.9 Å². The van der Waals surface area contributed by atoms with Gasteiger partial charge in [0.1, 0.15) is 4.90 Å². The van der Waals surface area contributed by atoms with E-state index in [9.17, 15) is 13.2 Å². The molecule has 1 rings (SSSR count). The van der Waals surface area contributed by atoms with E-state index in [2.05, 4.69) is 10.0 Å². The molecule has 1 aromatic rings. The van der Waals surface area contributed by atoms with Crippen molar-refractivity contribution in [2.75, 3.05) is 18.8 Å². The van der Waals surface area contributed by atoms with E-state index in [1.54, 1.807) is 0 Å². The highest BCUT2D eigenvalue weighted by Gasteiger charge is 2.22. The first-order chi connectivity index (χ1) is 9.27. The van der Waals surface area contributed by atoms with Gasteiger partial charge < -0.3 is 11.1 Å². The van der Waals surface area contributed by atoms with Crippen LogP contribution in [0.4, 0.5) is 5.69 Å². The molecule has 20 heavy (non-hydrogen) atoms. The van der Waals surface area contributed by atoms with Gasteiger partial charge in [-0.25, -0.2) is 13.1 Å². The molecule has 4 N–H and O–H groups in total. The second kappa shape index (κ2) is 7.12. The molecule has 1 amide bonds. The molecule has 0 aromatic heterocycles. The van der Waals surface area contributed by atoms with Gasteiger partial charge in [0.2, 0.25) is 15.9 Å². The van der Waals surface area contributed by atoms with Crippen molar-refractivity contribution in [1.29, 1.82) is 0 Å². The van der Waals surface area contributed by atoms with E-state index in [0.717, 1.165) is 6.42 Å². The van der Waals surface area contributed by atoms with Crippen LogP contribution in [0.1, 0.15) is 13.3 Å². The van der Waals surface area contributed by atoms with Crippen LogP contribution >= 0.6 is 23.2 Å². The van der Waals surface area contributed by atoms with Gasteiger partial charge in [-0.15, -0.1) is 0 Å². The van der Waals surface area contributed by atoms with Gasteiger partial charge in [0, 0.05) is 12.2 Å². The van der Waals surface area contributed by atoms with E-state index in [1.165, 1.54) is 12.1 Å². The van der Waals surface area contributed by atoms with Gasteiger partial charge in [-0.3, -0.25) is 4.79 Å². The summed E-state index contributed by atoms with van der Waals surface area (Å²) in [6, 6.07) is 2.55. The number of amides is 1. The molecule has 0 aliphatic carbocycles. The number of nitrogens with one attached hydrogen (secondary N) is 2. The van der Waals surface area contributed by atoms with E-state index in [-0.39, 0.29) is 27.2 Å². The lowest BCUT2D eigenvalue weighted by atomic mass is 10.3. The predicted molar refractivity (Wildman–Crippen MR) is 79.4 cm³/mol. The average molecular weight is 340 g/mol. The highest BCUT2D eigenvalue weighted by molar-refractivity contribution is 7.89. The molecular formula is C11H15Cl2N3O3S. The predicted octanol–water partition coefficient (Wildman–Crippen LogP) is 1.38. The quantitative estimate of drug-likeness (QED) is 0.681. The van der Waals surface area contributed by atoms with Crippen LogP contribution in [0.2, 0.25) is 10.0 Å². The molecule has 0 heterocycles. The van der Waals surface area contributed by atoms with E-state index in [4.69, 9.17) is 28.9 Å². The van der Waals surface area contributed by atoms with Crippen LogP contribution in [-0.2, 0) is 14.8 Å². The van der Waals surface area contributed by atoms with E-state index in [1.807, 2.05) is 6.92 Å². The summed E-state index contributed by atoms with van der Waals surface area (Å²) < 4.78 is 26.3. The number of carbonyl (C=O) groups excluding carboxylic acids is 1. The second-order valence-electron chi connectivity index (χ2n) is 3.99. The number of rotatable bonds is 6. The van der Waals surface area contributed by atoms with Crippen molar-refractivity contribution in [2.45, 2.75) is 18.2 Å². The molecule has 0 saturated heterocycles. The van der Waals surface area contributed by atoms with Crippen molar-refractivity contribution >= 4 is 44.8 Å². The molecule has 0 unspecified atom stereocenters. The summed E-state index contributed by atoms with van der Waals surface area (Å²) in [5.41, 5.74) is 5.75. The monoisotopic (exact) mass is 339 g/mol. The first-order valence-electron chi connectivity index (χ1n) is 5.78. The van der Waals surface area contributed by atoms with Crippen molar-refractivity contribution in [3.05, 3.63) is 22.2 Å². The van der Waals surface area contributed by atoms with Crippen molar-refractivity contribution in [2.24, 2.45) is 0 Å². The van der Waals surface area contributed by atoms with Gasteiger partial charge in [0.25, 0.3) is 0 Å². The Hall–Kier alpha value is -1.02. The Balaban J connectivity index is 2.87. The van der Waals surface area contributed by atoms with Crippen LogP contribution in [0.15, 0.2) is 17.0 Å². The van der Waals surface area contributed by atoms with Gasteiger partial charge in [0.15, 0.2) is 0 Å². The SMILES string of the molecule is CCCNC(=O)CNS(=O)(=O)c1c(Cl)cc(N)cc1Cl. The minimum atomic E-state index is -3.99. The Morgan fingerprint density at radius 2 is 1.85 bits per heavy atom. The molecule has 9 heteroatoms. The van der Waals surface area contributed by atoms with Crippen molar-refractivity contribution < 1.29 is 13.2 Å².